The predicted octanol–water partition coefficient (Wildman–Crippen LogP) is 3.71. The number of nitrogens with two attached hydrogens (primary N) is 1. The Bertz CT molecular complexity index is 1080. The van der Waals surface area contributed by atoms with E-state index < -0.39 is 10.0 Å². The topological polar surface area (TPSA) is 75.9 Å². The molecule has 0 saturated carbocycles. The van der Waals surface area contributed by atoms with Gasteiger partial charge in [0.2, 0.25) is 10.0 Å². The van der Waals surface area contributed by atoms with Crippen molar-refractivity contribution in [2.24, 2.45) is 5.73 Å². The summed E-state index contributed by atoms with van der Waals surface area (Å²) in [5.74, 6) is 0.373. The highest BCUT2D eigenvalue weighted by Gasteiger charge is 2.39. The number of likely N-dealkylation sites (tertiary alicyclic amines) is 1. The Balaban J connectivity index is 1.68. The average Bonchev–Trinajstić information content (AvgIpc) is 3.10. The van der Waals surface area contributed by atoms with Crippen molar-refractivity contribution in [1.29, 1.82) is 0 Å². The summed E-state index contributed by atoms with van der Waals surface area (Å²) in [4.78, 5) is 2.36. The number of sulfonamides is 1. The lowest BCUT2D eigenvalue weighted by molar-refractivity contribution is 0.0593. The predicted molar refractivity (Wildman–Crippen MR) is 123 cm³/mol. The molecule has 2 N–H and O–H groups in total. The Labute approximate surface area is 193 Å². The van der Waals surface area contributed by atoms with Crippen molar-refractivity contribution < 1.29 is 13.2 Å². The van der Waals surface area contributed by atoms with E-state index in [1.165, 1.54) is 25.7 Å². The van der Waals surface area contributed by atoms with E-state index in [9.17, 15) is 8.42 Å². The molecule has 0 amide bonds. The average molecular weight is 484 g/mol. The second-order valence-corrected chi connectivity index (χ2v) is 11.3. The molecular formula is C22H27Cl2N3O3S. The molecule has 1 saturated heterocycles. The maximum atomic E-state index is 12.5. The Morgan fingerprint density at radius 3 is 2.58 bits per heavy atom. The number of nitrogens with zero attached hydrogens (tertiary/aromatic N) is 2. The van der Waals surface area contributed by atoms with Crippen LogP contribution >= 0.6 is 23.2 Å². The molecule has 31 heavy (non-hydrogen) atoms. The van der Waals surface area contributed by atoms with E-state index >= 15 is 0 Å². The molecule has 3 atom stereocenters. The van der Waals surface area contributed by atoms with Crippen LogP contribution in [-0.2, 0) is 16.4 Å². The summed E-state index contributed by atoms with van der Waals surface area (Å²) >= 11 is 12.9. The molecule has 0 bridgehead atoms. The summed E-state index contributed by atoms with van der Waals surface area (Å²) in [6, 6.07) is 11.6. The maximum Gasteiger partial charge on any atom is 0.244 e. The molecule has 0 aromatic heterocycles. The summed E-state index contributed by atoms with van der Waals surface area (Å²) < 4.78 is 32.6. The molecule has 168 valence electrons. The third-order valence-electron chi connectivity index (χ3n) is 6.12. The van der Waals surface area contributed by atoms with E-state index in [-0.39, 0.29) is 33.1 Å². The zero-order chi connectivity index (χ0) is 22.3. The molecule has 2 aromatic rings. The Morgan fingerprint density at radius 1 is 1.13 bits per heavy atom. The molecule has 0 radical (unpaired) electrons. The van der Waals surface area contributed by atoms with Gasteiger partial charge in [0.15, 0.2) is 0 Å². The van der Waals surface area contributed by atoms with Gasteiger partial charge in [0.05, 0.1) is 11.1 Å². The lowest BCUT2D eigenvalue weighted by Crippen LogP contribution is -2.49. The fraction of sp³-hybridized carbons (Fsp3) is 0.455. The first-order chi connectivity index (χ1) is 14.7. The van der Waals surface area contributed by atoms with Gasteiger partial charge in [-0.15, -0.1) is 0 Å². The minimum absolute atomic E-state index is 0.0318. The minimum atomic E-state index is -3.72. The molecule has 1 aliphatic carbocycles. The van der Waals surface area contributed by atoms with Crippen LogP contribution in [0.4, 0.5) is 0 Å². The summed E-state index contributed by atoms with van der Waals surface area (Å²) in [5, 5.41) is 0.0683. The fourth-order valence-corrected chi connectivity index (χ4v) is 6.16. The van der Waals surface area contributed by atoms with Crippen molar-refractivity contribution in [1.82, 2.24) is 9.21 Å². The zero-order valence-corrected chi connectivity index (χ0v) is 19.9. The molecule has 4 rings (SSSR count). The van der Waals surface area contributed by atoms with E-state index in [4.69, 9.17) is 33.7 Å². The normalized spacial score (nSPS) is 24.4. The first-order valence-corrected chi connectivity index (χ1v) is 12.5. The van der Waals surface area contributed by atoms with Gasteiger partial charge < -0.3 is 10.5 Å². The third-order valence-corrected chi connectivity index (χ3v) is 8.96. The van der Waals surface area contributed by atoms with Gasteiger partial charge in [0, 0.05) is 26.7 Å². The number of fused-ring (bicyclic) bond motifs is 1. The maximum absolute atomic E-state index is 12.5. The number of halogens is 2. The highest BCUT2D eigenvalue weighted by atomic mass is 35.5. The number of hydrogen-bond acceptors (Lipinski definition) is 5. The lowest BCUT2D eigenvalue weighted by Gasteiger charge is -2.38. The van der Waals surface area contributed by atoms with Crippen molar-refractivity contribution in [3.8, 4) is 5.75 Å². The molecule has 1 heterocycles. The van der Waals surface area contributed by atoms with Crippen LogP contribution in [0, 0.1) is 0 Å². The first kappa shape index (κ1) is 22.8. The van der Waals surface area contributed by atoms with Crippen LogP contribution in [0.5, 0.6) is 5.75 Å². The van der Waals surface area contributed by atoms with Crippen LogP contribution in [0.25, 0.3) is 0 Å². The Hall–Kier alpha value is -1.35. The molecule has 0 spiro atoms. The van der Waals surface area contributed by atoms with Gasteiger partial charge in [-0.2, -0.15) is 0 Å². The zero-order valence-electron chi connectivity index (χ0n) is 17.6. The highest BCUT2D eigenvalue weighted by Crippen LogP contribution is 2.43. The van der Waals surface area contributed by atoms with Gasteiger partial charge in [-0.1, -0.05) is 47.5 Å². The monoisotopic (exact) mass is 483 g/mol. The quantitative estimate of drug-likeness (QED) is 0.701. The largest absolute Gasteiger partial charge is 0.482 e. The van der Waals surface area contributed by atoms with Gasteiger partial charge in [0.25, 0.3) is 0 Å². The number of benzene rings is 2. The smallest absolute Gasteiger partial charge is 0.244 e. The molecule has 2 aliphatic rings. The van der Waals surface area contributed by atoms with Crippen molar-refractivity contribution in [2.45, 2.75) is 42.3 Å². The molecule has 2 unspecified atom stereocenters. The minimum Gasteiger partial charge on any atom is -0.482 e. The first-order valence-electron chi connectivity index (χ1n) is 10.3. The van der Waals surface area contributed by atoms with Crippen LogP contribution < -0.4 is 10.5 Å². The van der Waals surface area contributed by atoms with Gasteiger partial charge in [-0.3, -0.25) is 4.90 Å². The van der Waals surface area contributed by atoms with E-state index in [2.05, 4.69) is 17.0 Å². The standard InChI is InChI=1S/C22H27Cl2N3O3S/c1-26(2)31(28,29)19-10-9-18(20(23)21(19)24)30-22-16-8-4-3-6-14(16)12-17(22)27-11-5-7-15(25)13-27/h3-4,6,8-10,15,17,22H,5,7,11-13,25H2,1-2H3/t15-,17?,22?/m1/s1. The SMILES string of the molecule is CN(C)S(=O)(=O)c1ccc(OC2c3ccccc3CC2N2CCC[C@@H](N)C2)c(Cl)c1Cl. The van der Waals surface area contributed by atoms with E-state index in [0.29, 0.717) is 5.75 Å². The number of piperidine rings is 1. The summed E-state index contributed by atoms with van der Waals surface area (Å²) in [6.07, 6.45) is 2.72. The fourth-order valence-electron chi connectivity index (χ4n) is 4.48. The van der Waals surface area contributed by atoms with Crippen LogP contribution in [0.15, 0.2) is 41.3 Å². The Kier molecular flexibility index (Phi) is 6.54. The van der Waals surface area contributed by atoms with Crippen molar-refractivity contribution in [3.63, 3.8) is 0 Å². The van der Waals surface area contributed by atoms with Crippen molar-refractivity contribution in [3.05, 3.63) is 57.6 Å². The second kappa shape index (κ2) is 8.89. The van der Waals surface area contributed by atoms with Gasteiger partial charge in [-0.25, -0.2) is 12.7 Å². The number of hydrogen-bond donors (Lipinski definition) is 1. The summed E-state index contributed by atoms with van der Waals surface area (Å²) in [7, 11) is -0.814. The van der Waals surface area contributed by atoms with Gasteiger partial charge in [0.1, 0.15) is 21.8 Å². The second-order valence-electron chi connectivity index (χ2n) is 8.38. The van der Waals surface area contributed by atoms with Crippen molar-refractivity contribution in [2.75, 3.05) is 27.2 Å². The van der Waals surface area contributed by atoms with Crippen molar-refractivity contribution >= 4 is 33.2 Å². The third kappa shape index (κ3) is 4.32. The van der Waals surface area contributed by atoms with Gasteiger partial charge >= 0.3 is 0 Å². The molecule has 2 aromatic carbocycles. The van der Waals surface area contributed by atoms with E-state index in [0.717, 1.165) is 42.2 Å². The molecule has 1 fully saturated rings. The molecular weight excluding hydrogens is 457 g/mol. The van der Waals surface area contributed by atoms with Crippen LogP contribution in [0.1, 0.15) is 30.1 Å². The van der Waals surface area contributed by atoms with Crippen LogP contribution in [-0.4, -0.2) is 56.9 Å². The lowest BCUT2D eigenvalue weighted by atomic mass is 10.0. The number of ether oxygens (including phenoxy) is 1. The molecule has 6 nitrogen and oxygen atoms in total. The molecule has 1 aliphatic heterocycles. The van der Waals surface area contributed by atoms with Gasteiger partial charge in [-0.05, 0) is 49.1 Å². The van der Waals surface area contributed by atoms with Crippen LogP contribution in [0.2, 0.25) is 10.0 Å². The van der Waals surface area contributed by atoms with E-state index in [1.54, 1.807) is 6.07 Å². The molecule has 9 heteroatoms. The highest BCUT2D eigenvalue weighted by molar-refractivity contribution is 7.89. The number of rotatable bonds is 5. The van der Waals surface area contributed by atoms with E-state index in [1.807, 2.05) is 12.1 Å². The van der Waals surface area contributed by atoms with Crippen LogP contribution in [0.3, 0.4) is 0 Å². The summed E-state index contributed by atoms with van der Waals surface area (Å²) in [5.41, 5.74) is 8.60. The Morgan fingerprint density at radius 2 is 1.87 bits per heavy atom. The summed E-state index contributed by atoms with van der Waals surface area (Å²) in [6.45, 7) is 1.80.